The fourth-order valence-corrected chi connectivity index (χ4v) is 4.02. The number of rotatable bonds is 6. The van der Waals surface area contributed by atoms with E-state index in [2.05, 4.69) is 6.07 Å². The van der Waals surface area contributed by atoms with Crippen LogP contribution in [0, 0.1) is 11.3 Å². The van der Waals surface area contributed by atoms with Crippen LogP contribution >= 0.6 is 11.3 Å². The molecule has 1 aromatic carbocycles. The second-order valence-electron chi connectivity index (χ2n) is 6.06. The van der Waals surface area contributed by atoms with Crippen molar-refractivity contribution in [2.45, 2.75) is 43.8 Å². The van der Waals surface area contributed by atoms with Crippen molar-refractivity contribution < 1.29 is 14.6 Å². The summed E-state index contributed by atoms with van der Waals surface area (Å²) in [6.07, 6.45) is 4.63. The minimum Gasteiger partial charge on any atom is -0.493 e. The lowest BCUT2D eigenvalue weighted by Crippen LogP contribution is -2.25. The number of benzene rings is 1. The van der Waals surface area contributed by atoms with Crippen LogP contribution in [-0.4, -0.2) is 18.3 Å². The van der Waals surface area contributed by atoms with Crippen molar-refractivity contribution in [3.63, 3.8) is 0 Å². The lowest BCUT2D eigenvalue weighted by atomic mass is 9.89. The van der Waals surface area contributed by atoms with Crippen molar-refractivity contribution in [1.29, 1.82) is 5.26 Å². The van der Waals surface area contributed by atoms with Gasteiger partial charge in [0, 0.05) is 4.88 Å². The number of methoxy groups -OCH3 is 1. The summed E-state index contributed by atoms with van der Waals surface area (Å²) in [5.41, 5.74) is -0.677. The van der Waals surface area contributed by atoms with E-state index in [0.717, 1.165) is 17.7 Å². The van der Waals surface area contributed by atoms with Crippen LogP contribution in [0.4, 0.5) is 0 Å². The average molecular weight is 343 g/mol. The number of hydrogen-bond acceptors (Lipinski definition) is 5. The Morgan fingerprint density at radius 1 is 1.29 bits per heavy atom. The molecule has 0 saturated heterocycles. The van der Waals surface area contributed by atoms with Crippen molar-refractivity contribution in [2.24, 2.45) is 0 Å². The molecule has 1 fully saturated rings. The largest absolute Gasteiger partial charge is 0.493 e. The summed E-state index contributed by atoms with van der Waals surface area (Å²) in [7, 11) is 1.61. The van der Waals surface area contributed by atoms with Crippen LogP contribution < -0.4 is 9.47 Å². The van der Waals surface area contributed by atoms with Crippen molar-refractivity contribution in [1.82, 2.24) is 0 Å². The zero-order valence-corrected chi connectivity index (χ0v) is 14.5. The van der Waals surface area contributed by atoms with Crippen LogP contribution in [0.15, 0.2) is 35.7 Å². The van der Waals surface area contributed by atoms with Gasteiger partial charge in [-0.3, -0.25) is 0 Å². The highest BCUT2D eigenvalue weighted by molar-refractivity contribution is 7.10. The quantitative estimate of drug-likeness (QED) is 0.852. The van der Waals surface area contributed by atoms with E-state index in [9.17, 15) is 10.4 Å². The molecule has 2 aromatic rings. The molecule has 3 rings (SSSR count). The average Bonchev–Trinajstić information content (AvgIpc) is 3.29. The van der Waals surface area contributed by atoms with Crippen molar-refractivity contribution >= 4 is 11.3 Å². The summed E-state index contributed by atoms with van der Waals surface area (Å²) in [6.45, 7) is 0. The second kappa shape index (κ2) is 7.25. The second-order valence-corrected chi connectivity index (χ2v) is 7.01. The van der Waals surface area contributed by atoms with E-state index in [-0.39, 0.29) is 12.5 Å². The number of thiophene rings is 1. The minimum atomic E-state index is -1.33. The molecule has 1 aliphatic carbocycles. The van der Waals surface area contributed by atoms with Gasteiger partial charge in [-0.25, -0.2) is 0 Å². The van der Waals surface area contributed by atoms with E-state index in [1.165, 1.54) is 24.2 Å². The van der Waals surface area contributed by atoms with Gasteiger partial charge in [-0.05, 0) is 54.8 Å². The molecule has 4 nitrogen and oxygen atoms in total. The Labute approximate surface area is 146 Å². The van der Waals surface area contributed by atoms with Crippen LogP contribution in [0.3, 0.4) is 0 Å². The van der Waals surface area contributed by atoms with Gasteiger partial charge < -0.3 is 14.6 Å². The van der Waals surface area contributed by atoms with E-state index < -0.39 is 5.60 Å². The molecule has 1 unspecified atom stereocenters. The maximum Gasteiger partial charge on any atom is 0.161 e. The highest BCUT2D eigenvalue weighted by Gasteiger charge is 2.33. The van der Waals surface area contributed by atoms with Gasteiger partial charge in [0.1, 0.15) is 5.60 Å². The SMILES string of the molecule is COc1ccc(C(O)(CC#N)c2cccs2)cc1OC1CCCC1. The Morgan fingerprint density at radius 2 is 2.08 bits per heavy atom. The number of hydrogen-bond donors (Lipinski definition) is 1. The first-order valence-electron chi connectivity index (χ1n) is 8.16. The molecule has 1 aliphatic rings. The molecule has 5 heteroatoms. The molecule has 0 aliphatic heterocycles. The third-order valence-corrected chi connectivity index (χ3v) is 5.52. The van der Waals surface area contributed by atoms with E-state index in [4.69, 9.17) is 9.47 Å². The molecule has 1 atom stereocenters. The van der Waals surface area contributed by atoms with Gasteiger partial charge in [-0.1, -0.05) is 12.1 Å². The molecule has 1 heterocycles. The molecular formula is C19H21NO3S. The first kappa shape index (κ1) is 16.8. The zero-order valence-electron chi connectivity index (χ0n) is 13.7. The first-order valence-corrected chi connectivity index (χ1v) is 9.04. The van der Waals surface area contributed by atoms with Crippen LogP contribution in [0.5, 0.6) is 11.5 Å². The van der Waals surface area contributed by atoms with E-state index in [0.29, 0.717) is 17.1 Å². The van der Waals surface area contributed by atoms with Crippen LogP contribution in [0.25, 0.3) is 0 Å². The van der Waals surface area contributed by atoms with Gasteiger partial charge in [-0.15, -0.1) is 11.3 Å². The molecule has 0 bridgehead atoms. The third-order valence-electron chi connectivity index (χ3n) is 4.50. The lowest BCUT2D eigenvalue weighted by molar-refractivity contribution is 0.0891. The third kappa shape index (κ3) is 3.26. The normalized spacial score (nSPS) is 17.2. The van der Waals surface area contributed by atoms with E-state index >= 15 is 0 Å². The van der Waals surface area contributed by atoms with Crippen molar-refractivity contribution in [2.75, 3.05) is 7.11 Å². The fraction of sp³-hybridized carbons (Fsp3) is 0.421. The summed E-state index contributed by atoms with van der Waals surface area (Å²) in [6, 6.07) is 11.2. The molecule has 0 radical (unpaired) electrons. The van der Waals surface area contributed by atoms with Gasteiger partial charge in [0.15, 0.2) is 11.5 Å². The number of nitrogens with zero attached hydrogens (tertiary/aromatic N) is 1. The Morgan fingerprint density at radius 3 is 2.71 bits per heavy atom. The number of aliphatic hydroxyl groups is 1. The molecule has 0 spiro atoms. The maximum absolute atomic E-state index is 11.2. The fourth-order valence-electron chi connectivity index (χ4n) is 3.17. The standard InChI is InChI=1S/C19H21NO3S/c1-22-16-9-8-14(13-17(16)23-15-5-2-3-6-15)19(21,10-11-20)18-7-4-12-24-18/h4,7-9,12-13,15,21H,2-3,5-6,10H2,1H3. The van der Waals surface area contributed by atoms with Crippen molar-refractivity contribution in [3.8, 4) is 17.6 Å². The van der Waals surface area contributed by atoms with Gasteiger partial charge in [0.25, 0.3) is 0 Å². The Balaban J connectivity index is 1.98. The lowest BCUT2D eigenvalue weighted by Gasteiger charge is -2.26. The van der Waals surface area contributed by atoms with E-state index in [1.54, 1.807) is 19.2 Å². The summed E-state index contributed by atoms with van der Waals surface area (Å²) in [5, 5.41) is 22.3. The molecular weight excluding hydrogens is 322 g/mol. The molecule has 24 heavy (non-hydrogen) atoms. The highest BCUT2D eigenvalue weighted by atomic mass is 32.1. The molecule has 1 aromatic heterocycles. The van der Waals surface area contributed by atoms with Gasteiger partial charge in [0.05, 0.1) is 25.7 Å². The summed E-state index contributed by atoms with van der Waals surface area (Å²) < 4.78 is 11.5. The predicted molar refractivity (Wildman–Crippen MR) is 93.4 cm³/mol. The smallest absolute Gasteiger partial charge is 0.161 e. The minimum absolute atomic E-state index is 0.0112. The van der Waals surface area contributed by atoms with Gasteiger partial charge in [0.2, 0.25) is 0 Å². The Kier molecular flexibility index (Phi) is 5.08. The number of ether oxygens (including phenoxy) is 2. The van der Waals surface area contributed by atoms with Crippen LogP contribution in [0.1, 0.15) is 42.5 Å². The van der Waals surface area contributed by atoms with E-state index in [1.807, 2.05) is 23.6 Å². The van der Waals surface area contributed by atoms with Gasteiger partial charge >= 0.3 is 0 Å². The maximum atomic E-state index is 11.2. The molecule has 1 saturated carbocycles. The Hall–Kier alpha value is -2.03. The summed E-state index contributed by atoms with van der Waals surface area (Å²) >= 11 is 1.44. The summed E-state index contributed by atoms with van der Waals surface area (Å²) in [5.74, 6) is 1.28. The first-order chi connectivity index (χ1) is 11.7. The molecule has 0 amide bonds. The molecule has 126 valence electrons. The molecule has 1 N–H and O–H groups in total. The summed E-state index contributed by atoms with van der Waals surface area (Å²) in [4.78, 5) is 0.751. The topological polar surface area (TPSA) is 62.5 Å². The monoisotopic (exact) mass is 343 g/mol. The Bertz CT molecular complexity index is 717. The van der Waals surface area contributed by atoms with Gasteiger partial charge in [-0.2, -0.15) is 5.26 Å². The predicted octanol–water partition coefficient (Wildman–Crippen LogP) is 4.23. The highest BCUT2D eigenvalue weighted by Crippen LogP contribution is 2.40. The zero-order chi connectivity index (χ0) is 17.0. The number of nitriles is 1. The van der Waals surface area contributed by atoms with Crippen LogP contribution in [-0.2, 0) is 5.60 Å². The van der Waals surface area contributed by atoms with Crippen molar-refractivity contribution in [3.05, 3.63) is 46.2 Å². The van der Waals surface area contributed by atoms with Crippen LogP contribution in [0.2, 0.25) is 0 Å².